The van der Waals surface area contributed by atoms with Gasteiger partial charge in [0, 0.05) is 16.6 Å². The van der Waals surface area contributed by atoms with Gasteiger partial charge in [0.1, 0.15) is 0 Å². The first kappa shape index (κ1) is 12.9. The van der Waals surface area contributed by atoms with Gasteiger partial charge < -0.3 is 0 Å². The molecule has 2 aromatic carbocycles. The number of nitrogens with zero attached hydrogens (tertiary/aromatic N) is 1. The van der Waals surface area contributed by atoms with Gasteiger partial charge in [-0.25, -0.2) is 0 Å². The van der Waals surface area contributed by atoms with Crippen LogP contribution >= 0.6 is 11.3 Å². The van der Waals surface area contributed by atoms with E-state index in [1.165, 1.54) is 28.0 Å². The number of benzene rings is 2. The van der Waals surface area contributed by atoms with Crippen molar-refractivity contribution in [3.63, 3.8) is 0 Å². The van der Waals surface area contributed by atoms with Crippen LogP contribution in [0.1, 0.15) is 11.1 Å². The Balaban J connectivity index is 2.23. The number of nitrogens with one attached hydrogen (secondary N) is 1. The highest BCUT2D eigenvalue weighted by atomic mass is 32.1. The molecule has 1 aromatic heterocycles. The van der Waals surface area contributed by atoms with Crippen molar-refractivity contribution in [1.29, 1.82) is 5.41 Å². The maximum absolute atomic E-state index is 8.18. The molecule has 0 spiro atoms. The summed E-state index contributed by atoms with van der Waals surface area (Å²) in [5, 5.41) is 10.2. The number of thiazole rings is 1. The lowest BCUT2D eigenvalue weighted by atomic mass is 10.1. The van der Waals surface area contributed by atoms with Crippen LogP contribution in [0.4, 0.5) is 0 Å². The smallest absolute Gasteiger partial charge is 0.187 e. The second-order valence-corrected chi connectivity index (χ2v) is 5.77. The molecule has 0 amide bonds. The number of aryl methyl sites for hydroxylation is 2. The molecule has 3 heteroatoms. The first-order valence-corrected chi connectivity index (χ1v) is 7.43. The largest absolute Gasteiger partial charge is 0.286 e. The monoisotopic (exact) mass is 280 g/mol. The second kappa shape index (κ2) is 5.10. The summed E-state index contributed by atoms with van der Waals surface area (Å²) in [6.07, 6.45) is 0. The molecule has 3 aromatic rings. The summed E-state index contributed by atoms with van der Waals surface area (Å²) in [5.41, 5.74) is 5.77. The average molecular weight is 280 g/mol. The van der Waals surface area contributed by atoms with Crippen molar-refractivity contribution < 1.29 is 0 Å². The number of rotatable bonds is 2. The quantitative estimate of drug-likeness (QED) is 0.725. The Morgan fingerprint density at radius 2 is 1.65 bits per heavy atom. The van der Waals surface area contributed by atoms with Gasteiger partial charge in [-0.15, -0.1) is 11.3 Å². The summed E-state index contributed by atoms with van der Waals surface area (Å²) >= 11 is 1.46. The van der Waals surface area contributed by atoms with Crippen molar-refractivity contribution in [1.82, 2.24) is 4.57 Å². The van der Waals surface area contributed by atoms with Crippen molar-refractivity contribution in [2.75, 3.05) is 0 Å². The molecular weight excluding hydrogens is 264 g/mol. The molecule has 0 aliphatic rings. The summed E-state index contributed by atoms with van der Waals surface area (Å²) in [7, 11) is 0. The van der Waals surface area contributed by atoms with Crippen LogP contribution in [-0.2, 0) is 0 Å². The van der Waals surface area contributed by atoms with E-state index in [9.17, 15) is 0 Å². The molecule has 0 saturated heterocycles. The minimum absolute atomic E-state index is 0.548. The van der Waals surface area contributed by atoms with Gasteiger partial charge in [0.2, 0.25) is 0 Å². The lowest BCUT2D eigenvalue weighted by Gasteiger charge is -2.11. The highest BCUT2D eigenvalue weighted by molar-refractivity contribution is 7.07. The van der Waals surface area contributed by atoms with Gasteiger partial charge in [0.15, 0.2) is 4.80 Å². The highest BCUT2D eigenvalue weighted by Crippen LogP contribution is 2.26. The van der Waals surface area contributed by atoms with Gasteiger partial charge >= 0.3 is 0 Å². The maximum atomic E-state index is 8.18. The van der Waals surface area contributed by atoms with Crippen molar-refractivity contribution >= 4 is 11.3 Å². The fourth-order valence-corrected chi connectivity index (χ4v) is 3.09. The second-order valence-electron chi connectivity index (χ2n) is 4.91. The molecule has 0 atom stereocenters. The zero-order valence-electron chi connectivity index (χ0n) is 11.6. The van der Waals surface area contributed by atoms with Gasteiger partial charge in [0.25, 0.3) is 0 Å². The van der Waals surface area contributed by atoms with Crippen LogP contribution in [0, 0.1) is 19.3 Å². The fourth-order valence-electron chi connectivity index (χ4n) is 2.32. The van der Waals surface area contributed by atoms with E-state index in [4.69, 9.17) is 5.41 Å². The Morgan fingerprint density at radius 3 is 2.35 bits per heavy atom. The van der Waals surface area contributed by atoms with Gasteiger partial charge in [-0.1, -0.05) is 42.0 Å². The van der Waals surface area contributed by atoms with Crippen molar-refractivity contribution in [2.24, 2.45) is 0 Å². The van der Waals surface area contributed by atoms with Crippen molar-refractivity contribution in [3.8, 4) is 16.9 Å². The molecule has 0 saturated carbocycles. The third kappa shape index (κ3) is 2.21. The fraction of sp³-hybridized carbons (Fsp3) is 0.118. The standard InChI is InChI=1S/C17H16N2S/c1-12-7-9-14(10-8-12)19-16(11-20-17(19)18)15-6-4-3-5-13(15)2/h3-11,18H,1-2H3. The zero-order valence-corrected chi connectivity index (χ0v) is 12.4. The van der Waals surface area contributed by atoms with E-state index in [-0.39, 0.29) is 0 Å². The minimum Gasteiger partial charge on any atom is -0.286 e. The van der Waals surface area contributed by atoms with E-state index in [1.54, 1.807) is 0 Å². The minimum atomic E-state index is 0.548. The number of hydrogen-bond donors (Lipinski definition) is 1. The molecule has 1 heterocycles. The molecule has 0 unspecified atom stereocenters. The summed E-state index contributed by atoms with van der Waals surface area (Å²) in [4.78, 5) is 0.548. The molecule has 1 N–H and O–H groups in total. The Labute approximate surface area is 122 Å². The van der Waals surface area contributed by atoms with Gasteiger partial charge in [-0.2, -0.15) is 0 Å². The van der Waals surface area contributed by atoms with Crippen LogP contribution in [0.3, 0.4) is 0 Å². The average Bonchev–Trinajstić information content (AvgIpc) is 2.82. The lowest BCUT2D eigenvalue weighted by Crippen LogP contribution is -2.12. The molecule has 100 valence electrons. The van der Waals surface area contributed by atoms with Gasteiger partial charge in [-0.05, 0) is 31.5 Å². The van der Waals surface area contributed by atoms with Crippen LogP contribution < -0.4 is 4.80 Å². The Morgan fingerprint density at radius 1 is 0.950 bits per heavy atom. The highest BCUT2D eigenvalue weighted by Gasteiger charge is 2.10. The molecule has 0 aliphatic heterocycles. The SMILES string of the molecule is Cc1ccc(-n2c(-c3ccccc3C)csc2=N)cc1. The van der Waals surface area contributed by atoms with Crippen molar-refractivity contribution in [2.45, 2.75) is 13.8 Å². The molecule has 0 aliphatic carbocycles. The Hall–Kier alpha value is -2.13. The third-order valence-corrected chi connectivity index (χ3v) is 4.19. The molecular formula is C17H16N2S. The predicted molar refractivity (Wildman–Crippen MR) is 84.4 cm³/mol. The van der Waals surface area contributed by atoms with E-state index in [0.29, 0.717) is 4.80 Å². The van der Waals surface area contributed by atoms with Crippen LogP contribution in [0.25, 0.3) is 16.9 Å². The maximum Gasteiger partial charge on any atom is 0.187 e. The summed E-state index contributed by atoms with van der Waals surface area (Å²) in [6, 6.07) is 16.6. The summed E-state index contributed by atoms with van der Waals surface area (Å²) < 4.78 is 2.01. The van der Waals surface area contributed by atoms with Crippen LogP contribution in [0.5, 0.6) is 0 Å². The lowest BCUT2D eigenvalue weighted by molar-refractivity contribution is 0.984. The number of aromatic nitrogens is 1. The zero-order chi connectivity index (χ0) is 14.1. The van der Waals surface area contributed by atoms with Gasteiger partial charge in [-0.3, -0.25) is 9.98 Å². The van der Waals surface area contributed by atoms with E-state index in [0.717, 1.165) is 11.4 Å². The van der Waals surface area contributed by atoms with E-state index in [2.05, 4.69) is 55.6 Å². The Kier molecular flexibility index (Phi) is 3.28. The Bertz CT molecular complexity index is 794. The normalized spacial score (nSPS) is 10.7. The first-order chi connectivity index (χ1) is 9.66. The topological polar surface area (TPSA) is 28.8 Å². The molecule has 0 bridgehead atoms. The van der Waals surface area contributed by atoms with E-state index < -0.39 is 0 Å². The molecule has 0 fully saturated rings. The first-order valence-electron chi connectivity index (χ1n) is 6.55. The predicted octanol–water partition coefficient (Wildman–Crippen LogP) is 4.30. The van der Waals surface area contributed by atoms with E-state index >= 15 is 0 Å². The molecule has 20 heavy (non-hydrogen) atoms. The van der Waals surface area contributed by atoms with E-state index in [1.807, 2.05) is 16.7 Å². The van der Waals surface area contributed by atoms with Crippen LogP contribution in [0.2, 0.25) is 0 Å². The molecule has 0 radical (unpaired) electrons. The summed E-state index contributed by atoms with van der Waals surface area (Å²) in [6.45, 7) is 4.18. The van der Waals surface area contributed by atoms with Crippen LogP contribution in [-0.4, -0.2) is 4.57 Å². The molecule has 2 nitrogen and oxygen atoms in total. The van der Waals surface area contributed by atoms with Crippen molar-refractivity contribution in [3.05, 3.63) is 69.8 Å². The number of hydrogen-bond acceptors (Lipinski definition) is 2. The molecule has 3 rings (SSSR count). The van der Waals surface area contributed by atoms with Crippen LogP contribution in [0.15, 0.2) is 53.9 Å². The summed E-state index contributed by atoms with van der Waals surface area (Å²) in [5.74, 6) is 0. The van der Waals surface area contributed by atoms with Gasteiger partial charge in [0.05, 0.1) is 5.69 Å². The third-order valence-electron chi connectivity index (χ3n) is 3.44.